The van der Waals surface area contributed by atoms with Crippen LogP contribution in [0.25, 0.3) is 5.65 Å². The number of anilines is 2. The Kier molecular flexibility index (Phi) is 7.63. The molecule has 4 heterocycles. The molecule has 0 aliphatic carbocycles. The molecule has 11 heteroatoms. The molecular formula is C30H39N7O4. The van der Waals surface area contributed by atoms with Gasteiger partial charge in [-0.3, -0.25) is 9.59 Å². The summed E-state index contributed by atoms with van der Waals surface area (Å²) in [6.07, 6.45) is 4.25. The molecular weight excluding hydrogens is 522 g/mol. The van der Waals surface area contributed by atoms with Crippen molar-refractivity contribution in [2.45, 2.75) is 78.5 Å². The second kappa shape index (κ2) is 11.0. The minimum Gasteiger partial charge on any atom is -0.444 e. The summed E-state index contributed by atoms with van der Waals surface area (Å²) < 4.78 is 7.14. The lowest BCUT2D eigenvalue weighted by Crippen LogP contribution is -2.60. The molecule has 1 aromatic carbocycles. The smallest absolute Gasteiger partial charge is 0.407 e. The molecule has 3 aromatic rings. The van der Waals surface area contributed by atoms with Crippen molar-refractivity contribution in [2.24, 2.45) is 0 Å². The fourth-order valence-electron chi connectivity index (χ4n) is 5.49. The number of piperidine rings is 1. The molecule has 0 saturated carbocycles. The predicted octanol–water partition coefficient (Wildman–Crippen LogP) is 4.39. The number of amides is 3. The number of aryl methyl sites for hydroxylation is 2. The van der Waals surface area contributed by atoms with E-state index in [1.807, 2.05) is 63.9 Å². The van der Waals surface area contributed by atoms with Gasteiger partial charge in [0.25, 0.3) is 5.91 Å². The van der Waals surface area contributed by atoms with E-state index in [0.29, 0.717) is 36.5 Å². The molecule has 0 radical (unpaired) electrons. The van der Waals surface area contributed by atoms with Crippen LogP contribution in [0, 0.1) is 13.8 Å². The van der Waals surface area contributed by atoms with Gasteiger partial charge < -0.3 is 25.2 Å². The molecule has 2 aliphatic heterocycles. The van der Waals surface area contributed by atoms with Crippen LogP contribution in [0.2, 0.25) is 0 Å². The number of likely N-dealkylation sites (tertiary alicyclic amines) is 1. The van der Waals surface area contributed by atoms with Gasteiger partial charge in [0.05, 0.1) is 29.0 Å². The van der Waals surface area contributed by atoms with E-state index in [2.05, 4.69) is 15.5 Å². The molecule has 1 atom stereocenters. The third-order valence-corrected chi connectivity index (χ3v) is 7.35. The van der Waals surface area contributed by atoms with Crippen LogP contribution in [0.4, 0.5) is 16.3 Å². The van der Waals surface area contributed by atoms with Crippen molar-refractivity contribution in [1.29, 1.82) is 0 Å². The highest BCUT2D eigenvalue weighted by molar-refractivity contribution is 6.03. The Balaban J connectivity index is 1.35. The van der Waals surface area contributed by atoms with E-state index in [1.54, 1.807) is 10.6 Å². The number of carbonyl (C=O) groups is 3. The lowest BCUT2D eigenvalue weighted by molar-refractivity contribution is -0.114. The Morgan fingerprint density at radius 1 is 1.07 bits per heavy atom. The van der Waals surface area contributed by atoms with Gasteiger partial charge in [-0.05, 0) is 66.0 Å². The summed E-state index contributed by atoms with van der Waals surface area (Å²) in [5.74, 6) is 0.514. The molecule has 11 nitrogen and oxygen atoms in total. The highest BCUT2D eigenvalue weighted by Gasteiger charge is 2.34. The fourth-order valence-corrected chi connectivity index (χ4v) is 5.49. The summed E-state index contributed by atoms with van der Waals surface area (Å²) >= 11 is 0. The van der Waals surface area contributed by atoms with Gasteiger partial charge in [-0.25, -0.2) is 14.3 Å². The Hall–Kier alpha value is -4.15. The molecule has 2 fully saturated rings. The van der Waals surface area contributed by atoms with Crippen LogP contribution < -0.4 is 15.5 Å². The molecule has 218 valence electrons. The number of nitrogens with one attached hydrogen (secondary N) is 2. The van der Waals surface area contributed by atoms with E-state index >= 15 is 0 Å². The largest absolute Gasteiger partial charge is 0.444 e. The van der Waals surface area contributed by atoms with E-state index < -0.39 is 11.7 Å². The molecule has 41 heavy (non-hydrogen) atoms. The number of aromatic nitrogens is 3. The predicted molar refractivity (Wildman–Crippen MR) is 156 cm³/mol. The lowest BCUT2D eigenvalue weighted by atomic mass is 9.97. The van der Waals surface area contributed by atoms with E-state index in [4.69, 9.17) is 14.8 Å². The third kappa shape index (κ3) is 6.28. The van der Waals surface area contributed by atoms with E-state index in [0.717, 1.165) is 41.9 Å². The molecule has 2 saturated heterocycles. The van der Waals surface area contributed by atoms with Crippen molar-refractivity contribution >= 4 is 35.1 Å². The number of carbonyl (C=O) groups excluding carboxylic acids is 3. The zero-order valence-electron chi connectivity index (χ0n) is 24.7. The topological polar surface area (TPSA) is 121 Å². The van der Waals surface area contributed by atoms with Crippen molar-refractivity contribution in [1.82, 2.24) is 24.8 Å². The number of hydrogen-bond donors (Lipinski definition) is 2. The zero-order valence-corrected chi connectivity index (χ0v) is 24.7. The number of hydrogen-bond acceptors (Lipinski definition) is 7. The second-order valence-corrected chi connectivity index (χ2v) is 12.1. The van der Waals surface area contributed by atoms with Gasteiger partial charge in [0.2, 0.25) is 5.91 Å². The first-order valence-corrected chi connectivity index (χ1v) is 14.2. The van der Waals surface area contributed by atoms with Crippen LogP contribution in [0.1, 0.15) is 80.2 Å². The van der Waals surface area contributed by atoms with Crippen LogP contribution in [0.3, 0.4) is 0 Å². The normalized spacial score (nSPS) is 17.8. The first kappa shape index (κ1) is 28.4. The molecule has 0 spiro atoms. The molecule has 2 aromatic heterocycles. The van der Waals surface area contributed by atoms with Gasteiger partial charge in [-0.2, -0.15) is 5.10 Å². The average Bonchev–Trinajstić information content (AvgIpc) is 3.27. The third-order valence-electron chi connectivity index (χ3n) is 7.35. The van der Waals surface area contributed by atoms with Gasteiger partial charge in [0.15, 0.2) is 5.65 Å². The minimum atomic E-state index is -0.539. The second-order valence-electron chi connectivity index (χ2n) is 12.1. The lowest BCUT2D eigenvalue weighted by Gasteiger charge is -2.41. The molecule has 2 N–H and O–H groups in total. The van der Waals surface area contributed by atoms with Crippen LogP contribution in [-0.4, -0.2) is 68.7 Å². The van der Waals surface area contributed by atoms with Crippen molar-refractivity contribution in [3.05, 3.63) is 52.8 Å². The summed E-state index contributed by atoms with van der Waals surface area (Å²) in [5.41, 5.74) is 3.89. The van der Waals surface area contributed by atoms with Crippen molar-refractivity contribution in [2.75, 3.05) is 29.9 Å². The number of ether oxygens (including phenoxy) is 1. The minimum absolute atomic E-state index is 0.00596. The van der Waals surface area contributed by atoms with Crippen molar-refractivity contribution < 1.29 is 19.1 Å². The van der Waals surface area contributed by atoms with Crippen LogP contribution in [0.15, 0.2) is 30.5 Å². The highest BCUT2D eigenvalue weighted by Crippen LogP contribution is 2.34. The zero-order chi connectivity index (χ0) is 29.5. The maximum absolute atomic E-state index is 13.9. The number of alkyl carbamates (subject to hydrolysis) is 1. The maximum Gasteiger partial charge on any atom is 0.407 e. The number of rotatable bonds is 5. The van der Waals surface area contributed by atoms with E-state index in [9.17, 15) is 14.4 Å². The number of benzene rings is 1. The Morgan fingerprint density at radius 2 is 1.83 bits per heavy atom. The van der Waals surface area contributed by atoms with Gasteiger partial charge in [-0.1, -0.05) is 11.6 Å². The summed E-state index contributed by atoms with van der Waals surface area (Å²) in [7, 11) is 0. The highest BCUT2D eigenvalue weighted by atomic mass is 16.6. The molecule has 0 bridgehead atoms. The Labute approximate surface area is 240 Å². The van der Waals surface area contributed by atoms with Crippen LogP contribution in [-0.2, 0) is 9.53 Å². The van der Waals surface area contributed by atoms with Crippen LogP contribution >= 0.6 is 0 Å². The quantitative estimate of drug-likeness (QED) is 0.474. The Morgan fingerprint density at radius 3 is 2.54 bits per heavy atom. The Bertz CT molecular complexity index is 1490. The summed E-state index contributed by atoms with van der Waals surface area (Å²) in [5, 5.41) is 10.6. The first-order valence-electron chi connectivity index (χ1n) is 14.2. The van der Waals surface area contributed by atoms with Gasteiger partial charge in [-0.15, -0.1) is 0 Å². The summed E-state index contributed by atoms with van der Waals surface area (Å²) in [4.78, 5) is 46.7. The average molecular weight is 562 g/mol. The van der Waals surface area contributed by atoms with Crippen molar-refractivity contribution in [3.63, 3.8) is 0 Å². The summed E-state index contributed by atoms with van der Waals surface area (Å²) in [6.45, 7) is 12.8. The fraction of sp³-hybridized carbons (Fsp3) is 0.500. The van der Waals surface area contributed by atoms with Crippen LogP contribution in [0.5, 0.6) is 0 Å². The first-order chi connectivity index (χ1) is 19.4. The number of nitrogens with zero attached hydrogens (tertiary/aromatic N) is 5. The van der Waals surface area contributed by atoms with Crippen molar-refractivity contribution in [3.8, 4) is 0 Å². The summed E-state index contributed by atoms with van der Waals surface area (Å²) in [6, 6.07) is 7.26. The maximum atomic E-state index is 13.9. The molecule has 0 unspecified atom stereocenters. The standard InChI is InChI=1S/C30H39N7O4/c1-18-10-11-23(31-20(3)38)22(13-18)28(39)36-12-8-7-9-25(36)24-14-26-33-27(19(2)15-37(26)34-24)35-16-21(17-35)32-29(40)41-30(4,5)6/h10-11,13-15,21,25H,7-9,12,16-17H2,1-6H3,(H,31,38)(H,32,40)/t25-/m0/s1. The monoisotopic (exact) mass is 561 g/mol. The molecule has 2 aliphatic rings. The number of fused-ring (bicyclic) bond motifs is 1. The van der Waals surface area contributed by atoms with E-state index in [1.165, 1.54) is 6.92 Å². The van der Waals surface area contributed by atoms with Gasteiger partial charge in [0, 0.05) is 44.4 Å². The molecule has 3 amide bonds. The van der Waals surface area contributed by atoms with Gasteiger partial charge in [0.1, 0.15) is 11.4 Å². The van der Waals surface area contributed by atoms with E-state index in [-0.39, 0.29) is 23.9 Å². The molecule has 5 rings (SSSR count). The SMILES string of the molecule is CC(=O)Nc1ccc(C)cc1C(=O)N1CCCC[C@H]1c1cc2nc(N3CC(NC(=O)OC(C)(C)C)C3)c(C)cn2n1. The van der Waals surface area contributed by atoms with Gasteiger partial charge >= 0.3 is 6.09 Å².